The van der Waals surface area contributed by atoms with Crippen molar-refractivity contribution in [2.24, 2.45) is 0 Å². The molecular weight excluding hydrogens is 330 g/mol. The number of hydrogen-bond acceptors (Lipinski definition) is 6. The summed E-state index contributed by atoms with van der Waals surface area (Å²) in [5, 5.41) is 5.75. The smallest absolute Gasteiger partial charge is 0.315 e. The molecular formula is C18H25N7O. The van der Waals surface area contributed by atoms with Gasteiger partial charge in [-0.2, -0.15) is 0 Å². The maximum atomic E-state index is 11.8. The minimum atomic E-state index is -0.132. The first kappa shape index (κ1) is 18.1. The molecule has 0 saturated carbocycles. The van der Waals surface area contributed by atoms with Crippen LogP contribution in [0, 0.1) is 0 Å². The predicted octanol–water partition coefficient (Wildman–Crippen LogP) is 0.883. The molecule has 3 rings (SSSR count). The van der Waals surface area contributed by atoms with Crippen molar-refractivity contribution in [2.75, 3.05) is 44.2 Å². The van der Waals surface area contributed by atoms with E-state index >= 15 is 0 Å². The Morgan fingerprint density at radius 1 is 1.00 bits per heavy atom. The van der Waals surface area contributed by atoms with Crippen LogP contribution in [0.15, 0.2) is 43.0 Å². The Kier molecular flexibility index (Phi) is 6.72. The Labute approximate surface area is 153 Å². The molecule has 0 aliphatic carbocycles. The van der Waals surface area contributed by atoms with Gasteiger partial charge in [0.05, 0.1) is 0 Å². The number of aromatic nitrogens is 3. The Hall–Kier alpha value is -2.74. The van der Waals surface area contributed by atoms with Crippen LogP contribution in [-0.4, -0.2) is 65.2 Å². The maximum absolute atomic E-state index is 11.8. The molecule has 138 valence electrons. The zero-order chi connectivity index (χ0) is 18.0. The van der Waals surface area contributed by atoms with E-state index in [1.54, 1.807) is 24.8 Å². The lowest BCUT2D eigenvalue weighted by Gasteiger charge is -2.34. The van der Waals surface area contributed by atoms with Crippen molar-refractivity contribution in [1.29, 1.82) is 0 Å². The summed E-state index contributed by atoms with van der Waals surface area (Å²) in [6.07, 6.45) is 7.93. The van der Waals surface area contributed by atoms with E-state index in [4.69, 9.17) is 0 Å². The number of nitrogens with zero attached hydrogens (tertiary/aromatic N) is 5. The molecule has 0 radical (unpaired) electrons. The minimum absolute atomic E-state index is 0.132. The molecule has 0 unspecified atom stereocenters. The first-order chi connectivity index (χ1) is 12.8. The zero-order valence-electron chi connectivity index (χ0n) is 14.8. The molecule has 1 fully saturated rings. The molecule has 3 heterocycles. The Morgan fingerprint density at radius 2 is 1.73 bits per heavy atom. The van der Waals surface area contributed by atoms with Crippen LogP contribution in [0.2, 0.25) is 0 Å². The molecule has 1 aliphatic heterocycles. The van der Waals surface area contributed by atoms with Crippen molar-refractivity contribution in [1.82, 2.24) is 30.5 Å². The fourth-order valence-corrected chi connectivity index (χ4v) is 2.88. The van der Waals surface area contributed by atoms with Crippen molar-refractivity contribution < 1.29 is 4.79 Å². The lowest BCUT2D eigenvalue weighted by atomic mass is 10.3. The van der Waals surface area contributed by atoms with Crippen molar-refractivity contribution in [3.05, 3.63) is 48.5 Å². The lowest BCUT2D eigenvalue weighted by Crippen LogP contribution is -2.47. The number of carbonyl (C=O) groups excluding carboxylic acids is 1. The largest absolute Gasteiger partial charge is 0.338 e. The van der Waals surface area contributed by atoms with Crippen LogP contribution >= 0.6 is 0 Å². The highest BCUT2D eigenvalue weighted by molar-refractivity contribution is 5.73. The van der Waals surface area contributed by atoms with Crippen molar-refractivity contribution in [3.8, 4) is 0 Å². The van der Waals surface area contributed by atoms with E-state index in [1.165, 1.54) is 0 Å². The summed E-state index contributed by atoms with van der Waals surface area (Å²) in [7, 11) is 0. The molecule has 2 aromatic rings. The number of hydrogen-bond donors (Lipinski definition) is 2. The number of piperazine rings is 1. The van der Waals surface area contributed by atoms with E-state index in [-0.39, 0.29) is 6.03 Å². The normalized spacial score (nSPS) is 14.8. The average Bonchev–Trinajstić information content (AvgIpc) is 2.71. The molecule has 8 nitrogen and oxygen atoms in total. The van der Waals surface area contributed by atoms with Gasteiger partial charge in [-0.1, -0.05) is 0 Å². The van der Waals surface area contributed by atoms with Crippen molar-refractivity contribution in [3.63, 3.8) is 0 Å². The molecule has 1 aliphatic rings. The van der Waals surface area contributed by atoms with Crippen molar-refractivity contribution in [2.45, 2.75) is 13.0 Å². The number of carbonyl (C=O) groups is 1. The summed E-state index contributed by atoms with van der Waals surface area (Å²) in [5.41, 5.74) is 1.04. The van der Waals surface area contributed by atoms with Gasteiger partial charge in [0.25, 0.3) is 0 Å². The number of nitrogens with one attached hydrogen (secondary N) is 2. The quantitative estimate of drug-likeness (QED) is 0.717. The predicted molar refractivity (Wildman–Crippen MR) is 99.8 cm³/mol. The van der Waals surface area contributed by atoms with Gasteiger partial charge in [-0.3, -0.25) is 9.88 Å². The van der Waals surface area contributed by atoms with Crippen LogP contribution in [0.5, 0.6) is 0 Å². The van der Waals surface area contributed by atoms with Gasteiger partial charge in [0, 0.05) is 64.1 Å². The second kappa shape index (κ2) is 9.67. The van der Waals surface area contributed by atoms with Gasteiger partial charge in [0.2, 0.25) is 5.95 Å². The van der Waals surface area contributed by atoms with Gasteiger partial charge in [0.15, 0.2) is 0 Å². The van der Waals surface area contributed by atoms with E-state index < -0.39 is 0 Å². The molecule has 2 aromatic heterocycles. The lowest BCUT2D eigenvalue weighted by molar-refractivity contribution is 0.235. The van der Waals surface area contributed by atoms with Crippen LogP contribution in [0.25, 0.3) is 0 Å². The van der Waals surface area contributed by atoms with Crippen LogP contribution in [0.3, 0.4) is 0 Å². The Balaban J connectivity index is 1.26. The van der Waals surface area contributed by atoms with Crippen LogP contribution in [0.4, 0.5) is 10.7 Å². The molecule has 0 aromatic carbocycles. The SMILES string of the molecule is O=C(NCCCN1CCN(c2ncccn2)CC1)NCc1ccncc1. The minimum Gasteiger partial charge on any atom is -0.338 e. The van der Waals surface area contributed by atoms with Crippen molar-refractivity contribution >= 4 is 12.0 Å². The number of amides is 2. The van der Waals surface area contributed by atoms with Gasteiger partial charge < -0.3 is 15.5 Å². The number of anilines is 1. The molecule has 0 atom stereocenters. The highest BCUT2D eigenvalue weighted by Gasteiger charge is 2.18. The van der Waals surface area contributed by atoms with Gasteiger partial charge >= 0.3 is 6.03 Å². The monoisotopic (exact) mass is 355 g/mol. The second-order valence-corrected chi connectivity index (χ2v) is 6.20. The molecule has 2 N–H and O–H groups in total. The summed E-state index contributed by atoms with van der Waals surface area (Å²) in [5.74, 6) is 0.805. The van der Waals surface area contributed by atoms with Crippen LogP contribution in [0.1, 0.15) is 12.0 Å². The van der Waals surface area contributed by atoms with Crippen LogP contribution in [-0.2, 0) is 6.54 Å². The number of rotatable bonds is 7. The van der Waals surface area contributed by atoms with Gasteiger partial charge in [-0.15, -0.1) is 0 Å². The fraction of sp³-hybridized carbons (Fsp3) is 0.444. The third-order valence-electron chi connectivity index (χ3n) is 4.35. The highest BCUT2D eigenvalue weighted by Crippen LogP contribution is 2.09. The summed E-state index contributed by atoms with van der Waals surface area (Å²) < 4.78 is 0. The van der Waals surface area contributed by atoms with E-state index in [2.05, 4.69) is 35.4 Å². The topological polar surface area (TPSA) is 86.3 Å². The zero-order valence-corrected chi connectivity index (χ0v) is 14.8. The standard InChI is InChI=1S/C18H25N7O/c26-18(23-15-16-3-8-19-9-4-16)22-7-2-10-24-11-13-25(14-12-24)17-20-5-1-6-21-17/h1,3-6,8-9H,2,7,10-15H2,(H2,22,23,26). The highest BCUT2D eigenvalue weighted by atomic mass is 16.2. The van der Waals surface area contributed by atoms with Gasteiger partial charge in [0.1, 0.15) is 0 Å². The third kappa shape index (κ3) is 5.66. The van der Waals surface area contributed by atoms with Gasteiger partial charge in [-0.25, -0.2) is 14.8 Å². The molecule has 0 spiro atoms. The maximum Gasteiger partial charge on any atom is 0.315 e. The number of pyridine rings is 1. The second-order valence-electron chi connectivity index (χ2n) is 6.20. The fourth-order valence-electron chi connectivity index (χ4n) is 2.88. The summed E-state index contributed by atoms with van der Waals surface area (Å²) >= 11 is 0. The summed E-state index contributed by atoms with van der Waals surface area (Å²) in [6, 6.07) is 5.48. The van der Waals surface area contributed by atoms with E-state index in [1.807, 2.05) is 18.2 Å². The summed E-state index contributed by atoms with van der Waals surface area (Å²) in [6.45, 7) is 6.02. The van der Waals surface area contributed by atoms with E-state index in [9.17, 15) is 4.79 Å². The molecule has 2 amide bonds. The molecule has 26 heavy (non-hydrogen) atoms. The first-order valence-corrected chi connectivity index (χ1v) is 8.96. The summed E-state index contributed by atoms with van der Waals surface area (Å²) in [4.78, 5) is 29.0. The number of urea groups is 1. The Bertz CT molecular complexity index is 660. The Morgan fingerprint density at radius 3 is 2.46 bits per heavy atom. The average molecular weight is 355 g/mol. The molecule has 1 saturated heterocycles. The van der Waals surface area contributed by atoms with E-state index in [0.717, 1.165) is 50.7 Å². The molecule has 0 bridgehead atoms. The van der Waals surface area contributed by atoms with Gasteiger partial charge in [-0.05, 0) is 36.7 Å². The van der Waals surface area contributed by atoms with E-state index in [0.29, 0.717) is 13.1 Å². The molecule has 8 heteroatoms. The first-order valence-electron chi connectivity index (χ1n) is 8.96. The van der Waals surface area contributed by atoms with Crippen LogP contribution < -0.4 is 15.5 Å². The third-order valence-corrected chi connectivity index (χ3v) is 4.35.